The molecule has 0 amide bonds. The summed E-state index contributed by atoms with van der Waals surface area (Å²) < 4.78 is 0. The summed E-state index contributed by atoms with van der Waals surface area (Å²) in [7, 11) is 2.09. The van der Waals surface area contributed by atoms with Gasteiger partial charge in [0.2, 0.25) is 0 Å². The van der Waals surface area contributed by atoms with Crippen molar-refractivity contribution < 1.29 is 4.79 Å². The average Bonchev–Trinajstić information content (AvgIpc) is 2.51. The molecule has 3 rings (SSSR count). The summed E-state index contributed by atoms with van der Waals surface area (Å²) in [5.41, 5.74) is 3.26. The van der Waals surface area contributed by atoms with Gasteiger partial charge in [0, 0.05) is 18.2 Å². The number of nitrogens with zero attached hydrogens (tertiary/aromatic N) is 1. The first-order chi connectivity index (χ1) is 9.68. The van der Waals surface area contributed by atoms with Gasteiger partial charge in [-0.25, -0.2) is 0 Å². The maximum atomic E-state index is 12.8. The van der Waals surface area contributed by atoms with E-state index in [4.69, 9.17) is 0 Å². The molecular formula is C18H19NO. The van der Waals surface area contributed by atoms with Crippen LogP contribution in [-0.2, 0) is 0 Å². The highest BCUT2D eigenvalue weighted by atomic mass is 16.1. The van der Waals surface area contributed by atoms with Crippen LogP contribution in [0.2, 0.25) is 0 Å². The SMILES string of the molecule is CC1c2ccccc2C(C(=O)c2ccccc2)CN1C. The number of Topliss-reactive ketones (excluding diaryl/α,β-unsaturated/α-hetero) is 1. The average molecular weight is 265 g/mol. The number of likely N-dealkylation sites (N-methyl/N-ethyl adjacent to an activating group) is 1. The largest absolute Gasteiger partial charge is 0.299 e. The number of hydrogen-bond donors (Lipinski definition) is 0. The molecule has 0 aromatic heterocycles. The van der Waals surface area contributed by atoms with Gasteiger partial charge in [0.1, 0.15) is 0 Å². The highest BCUT2D eigenvalue weighted by Crippen LogP contribution is 2.36. The second kappa shape index (κ2) is 5.22. The molecule has 0 spiro atoms. The number of carbonyl (C=O) groups excluding carboxylic acids is 1. The molecule has 1 aliphatic rings. The molecule has 2 aromatic carbocycles. The monoisotopic (exact) mass is 265 g/mol. The van der Waals surface area contributed by atoms with Gasteiger partial charge in [0.05, 0.1) is 5.92 Å². The van der Waals surface area contributed by atoms with Gasteiger partial charge >= 0.3 is 0 Å². The molecule has 2 unspecified atom stereocenters. The van der Waals surface area contributed by atoms with Crippen LogP contribution in [0.3, 0.4) is 0 Å². The molecule has 0 bridgehead atoms. The summed E-state index contributed by atoms with van der Waals surface area (Å²) in [6.07, 6.45) is 0. The molecule has 1 heterocycles. The third-order valence-corrected chi connectivity index (χ3v) is 4.33. The quantitative estimate of drug-likeness (QED) is 0.772. The number of carbonyl (C=O) groups is 1. The van der Waals surface area contributed by atoms with Crippen molar-refractivity contribution in [3.8, 4) is 0 Å². The van der Waals surface area contributed by atoms with Crippen molar-refractivity contribution in [2.24, 2.45) is 0 Å². The third kappa shape index (κ3) is 2.16. The van der Waals surface area contributed by atoms with Crippen LogP contribution >= 0.6 is 0 Å². The van der Waals surface area contributed by atoms with Crippen LogP contribution in [0.4, 0.5) is 0 Å². The van der Waals surface area contributed by atoms with Gasteiger partial charge in [0.25, 0.3) is 0 Å². The standard InChI is InChI=1S/C18H19NO/c1-13-15-10-6-7-11-16(15)17(12-19(13)2)18(20)14-8-4-3-5-9-14/h3-11,13,17H,12H2,1-2H3. The van der Waals surface area contributed by atoms with E-state index in [2.05, 4.69) is 37.1 Å². The van der Waals surface area contributed by atoms with Crippen LogP contribution in [0.25, 0.3) is 0 Å². The van der Waals surface area contributed by atoms with Gasteiger partial charge < -0.3 is 0 Å². The highest BCUT2D eigenvalue weighted by Gasteiger charge is 2.32. The first kappa shape index (κ1) is 13.1. The first-order valence-corrected chi connectivity index (χ1v) is 7.07. The second-order valence-electron chi connectivity index (χ2n) is 5.53. The van der Waals surface area contributed by atoms with E-state index in [1.54, 1.807) is 0 Å². The third-order valence-electron chi connectivity index (χ3n) is 4.33. The molecule has 2 aromatic rings. The molecule has 2 heteroatoms. The lowest BCUT2D eigenvalue weighted by Crippen LogP contribution is -2.36. The Morgan fingerprint density at radius 2 is 1.60 bits per heavy atom. The molecule has 102 valence electrons. The predicted molar refractivity (Wildman–Crippen MR) is 81.0 cm³/mol. The first-order valence-electron chi connectivity index (χ1n) is 7.07. The summed E-state index contributed by atoms with van der Waals surface area (Å²) >= 11 is 0. The summed E-state index contributed by atoms with van der Waals surface area (Å²) in [6, 6.07) is 18.3. The van der Waals surface area contributed by atoms with Gasteiger partial charge in [0.15, 0.2) is 5.78 Å². The molecule has 2 nitrogen and oxygen atoms in total. The van der Waals surface area contributed by atoms with Crippen molar-refractivity contribution in [1.82, 2.24) is 4.90 Å². The topological polar surface area (TPSA) is 20.3 Å². The van der Waals surface area contributed by atoms with E-state index in [0.29, 0.717) is 6.04 Å². The summed E-state index contributed by atoms with van der Waals surface area (Å²) in [4.78, 5) is 15.0. The Hall–Kier alpha value is -1.93. The van der Waals surface area contributed by atoms with Crippen molar-refractivity contribution >= 4 is 5.78 Å². The summed E-state index contributed by atoms with van der Waals surface area (Å²) in [5.74, 6) is 0.159. The number of benzene rings is 2. The smallest absolute Gasteiger partial charge is 0.171 e. The number of fused-ring (bicyclic) bond motifs is 1. The van der Waals surface area contributed by atoms with Gasteiger partial charge in [-0.3, -0.25) is 9.69 Å². The van der Waals surface area contributed by atoms with Crippen LogP contribution in [0.5, 0.6) is 0 Å². The van der Waals surface area contributed by atoms with E-state index >= 15 is 0 Å². The van der Waals surface area contributed by atoms with Crippen LogP contribution in [-0.4, -0.2) is 24.3 Å². The lowest BCUT2D eigenvalue weighted by Gasteiger charge is -2.36. The fourth-order valence-corrected chi connectivity index (χ4v) is 3.02. The van der Waals surface area contributed by atoms with Crippen molar-refractivity contribution in [3.05, 3.63) is 71.3 Å². The fraction of sp³-hybridized carbons (Fsp3) is 0.278. The van der Waals surface area contributed by atoms with Crippen molar-refractivity contribution in [2.75, 3.05) is 13.6 Å². The molecule has 0 radical (unpaired) electrons. The lowest BCUT2D eigenvalue weighted by atomic mass is 9.82. The predicted octanol–water partition coefficient (Wildman–Crippen LogP) is 3.66. The highest BCUT2D eigenvalue weighted by molar-refractivity contribution is 6.01. The normalized spacial score (nSPS) is 22.3. The van der Waals surface area contributed by atoms with E-state index in [-0.39, 0.29) is 11.7 Å². The Balaban J connectivity index is 2.03. The maximum absolute atomic E-state index is 12.8. The lowest BCUT2D eigenvalue weighted by molar-refractivity contribution is 0.0915. The number of rotatable bonds is 2. The van der Waals surface area contributed by atoms with Crippen molar-refractivity contribution in [2.45, 2.75) is 18.9 Å². The number of ketones is 1. The van der Waals surface area contributed by atoms with Crippen LogP contribution in [0.15, 0.2) is 54.6 Å². The minimum atomic E-state index is -0.0604. The van der Waals surface area contributed by atoms with E-state index in [0.717, 1.165) is 12.1 Å². The van der Waals surface area contributed by atoms with Crippen LogP contribution in [0.1, 0.15) is 40.4 Å². The van der Waals surface area contributed by atoms with E-state index in [1.165, 1.54) is 11.1 Å². The minimum Gasteiger partial charge on any atom is -0.299 e. The molecule has 0 N–H and O–H groups in total. The van der Waals surface area contributed by atoms with E-state index < -0.39 is 0 Å². The summed E-state index contributed by atoms with van der Waals surface area (Å²) in [6.45, 7) is 2.98. The Morgan fingerprint density at radius 1 is 1.00 bits per heavy atom. The Bertz CT molecular complexity index is 620. The Kier molecular flexibility index (Phi) is 3.41. The number of hydrogen-bond acceptors (Lipinski definition) is 2. The molecule has 20 heavy (non-hydrogen) atoms. The van der Waals surface area contributed by atoms with Crippen molar-refractivity contribution in [3.63, 3.8) is 0 Å². The van der Waals surface area contributed by atoms with Crippen LogP contribution < -0.4 is 0 Å². The van der Waals surface area contributed by atoms with Gasteiger partial charge in [-0.15, -0.1) is 0 Å². The zero-order valence-electron chi connectivity index (χ0n) is 11.9. The zero-order chi connectivity index (χ0) is 14.1. The van der Waals surface area contributed by atoms with Gasteiger partial charge in [-0.05, 0) is 25.1 Å². The molecular weight excluding hydrogens is 246 g/mol. The molecule has 0 saturated heterocycles. The van der Waals surface area contributed by atoms with Gasteiger partial charge in [-0.1, -0.05) is 54.6 Å². The Labute approximate surface area is 120 Å². The van der Waals surface area contributed by atoms with E-state index in [9.17, 15) is 4.79 Å². The molecule has 1 aliphatic heterocycles. The second-order valence-corrected chi connectivity index (χ2v) is 5.53. The fourth-order valence-electron chi connectivity index (χ4n) is 3.02. The van der Waals surface area contributed by atoms with Crippen LogP contribution in [0, 0.1) is 0 Å². The molecule has 0 saturated carbocycles. The minimum absolute atomic E-state index is 0.0604. The summed E-state index contributed by atoms with van der Waals surface area (Å²) in [5, 5.41) is 0. The molecule has 0 fully saturated rings. The Morgan fingerprint density at radius 3 is 2.30 bits per heavy atom. The molecule has 2 atom stereocenters. The van der Waals surface area contributed by atoms with Gasteiger partial charge in [-0.2, -0.15) is 0 Å². The molecule has 0 aliphatic carbocycles. The maximum Gasteiger partial charge on any atom is 0.171 e. The van der Waals surface area contributed by atoms with Crippen molar-refractivity contribution in [1.29, 1.82) is 0 Å². The van der Waals surface area contributed by atoms with E-state index in [1.807, 2.05) is 36.4 Å². The zero-order valence-corrected chi connectivity index (χ0v) is 11.9.